The molecule has 3 aromatic heterocycles. The predicted molar refractivity (Wildman–Crippen MR) is 255 cm³/mol. The molecule has 0 saturated heterocycles. The van der Waals surface area contributed by atoms with Crippen molar-refractivity contribution in [3.05, 3.63) is 206 Å². The summed E-state index contributed by atoms with van der Waals surface area (Å²) in [6.45, 7) is 0. The quantitative estimate of drug-likeness (QED) is 0.157. The van der Waals surface area contributed by atoms with Crippen LogP contribution in [0.3, 0.4) is 0 Å². The first-order chi connectivity index (χ1) is 39.9. The number of aromatic nitrogens is 4. The van der Waals surface area contributed by atoms with Crippen LogP contribution in [0.25, 0.3) is 127 Å². The number of rotatable bonds is 6. The Labute approximate surface area is 387 Å². The first-order valence-electron chi connectivity index (χ1n) is 30.1. The van der Waals surface area contributed by atoms with Crippen molar-refractivity contribution >= 4 is 65.3 Å². The minimum Gasteiger partial charge on any atom is -0.455 e. The van der Waals surface area contributed by atoms with Crippen LogP contribution in [0.2, 0.25) is 0 Å². The zero-order chi connectivity index (χ0) is 59.9. The van der Waals surface area contributed by atoms with E-state index in [9.17, 15) is 9.60 Å². The van der Waals surface area contributed by atoms with Crippen molar-refractivity contribution in [3.8, 4) is 62.1 Å². The molecule has 0 bridgehead atoms. The molecule has 288 valence electrons. The van der Waals surface area contributed by atoms with E-state index >= 15 is 0 Å². The largest absolute Gasteiger partial charge is 0.455 e. The van der Waals surface area contributed by atoms with Gasteiger partial charge in [0.15, 0.2) is 17.5 Å². The summed E-state index contributed by atoms with van der Waals surface area (Å²) < 4.78 is 205. The van der Waals surface area contributed by atoms with Crippen LogP contribution in [0.5, 0.6) is 0 Å². The molecule has 0 aliphatic rings. The maximum atomic E-state index is 9.87. The summed E-state index contributed by atoms with van der Waals surface area (Å²) in [5, 5.41) is 0.462. The number of hydrogen-bond acceptors (Lipinski definition) is 4. The molecule has 13 rings (SSSR count). The molecule has 0 fully saturated rings. The van der Waals surface area contributed by atoms with Crippen molar-refractivity contribution in [2.24, 2.45) is 0 Å². The summed E-state index contributed by atoms with van der Waals surface area (Å²) in [6, 6.07) is 5.21. The third kappa shape index (κ3) is 5.18. The fourth-order valence-electron chi connectivity index (χ4n) is 8.26. The molecule has 0 spiro atoms. The number of para-hydroxylation sites is 3. The van der Waals surface area contributed by atoms with E-state index in [4.69, 9.17) is 34.9 Å². The molecule has 0 unspecified atom stereocenters. The molecule has 0 atom stereocenters. The van der Waals surface area contributed by atoms with Gasteiger partial charge in [-0.25, -0.2) is 15.0 Å². The summed E-state index contributed by atoms with van der Waals surface area (Å²) in [6.07, 6.45) is 0. The molecule has 0 aliphatic carbocycles. The molecule has 5 nitrogen and oxygen atoms in total. The van der Waals surface area contributed by atoms with E-state index in [0.717, 1.165) is 4.57 Å². The van der Waals surface area contributed by atoms with Gasteiger partial charge in [-0.15, -0.1) is 0 Å². The van der Waals surface area contributed by atoms with E-state index in [1.54, 1.807) is 66.7 Å². The maximum Gasteiger partial charge on any atom is 0.167 e. The first-order valence-corrected chi connectivity index (χ1v) is 19.1. The van der Waals surface area contributed by atoms with Crippen molar-refractivity contribution in [2.75, 3.05) is 0 Å². The number of hydrogen-bond donors (Lipinski definition) is 0. The van der Waals surface area contributed by atoms with Crippen LogP contribution >= 0.6 is 0 Å². The Morgan fingerprint density at radius 1 is 0.355 bits per heavy atom. The zero-order valence-corrected chi connectivity index (χ0v) is 31.6. The fourth-order valence-corrected chi connectivity index (χ4v) is 8.26. The Bertz CT molecular complexity index is 5090. The van der Waals surface area contributed by atoms with Gasteiger partial charge in [0.1, 0.15) is 11.2 Å². The highest BCUT2D eigenvalue weighted by atomic mass is 16.3. The molecular formula is C57H34N4O. The van der Waals surface area contributed by atoms with Gasteiger partial charge < -0.3 is 8.98 Å². The van der Waals surface area contributed by atoms with E-state index in [0.29, 0.717) is 16.3 Å². The second-order valence-electron chi connectivity index (χ2n) is 14.2. The lowest BCUT2D eigenvalue weighted by Crippen LogP contribution is -2.00. The van der Waals surface area contributed by atoms with Crippen molar-refractivity contribution in [3.63, 3.8) is 0 Å². The van der Waals surface area contributed by atoms with Crippen LogP contribution < -0.4 is 0 Å². The van der Waals surface area contributed by atoms with Crippen LogP contribution in [-0.4, -0.2) is 19.5 Å². The summed E-state index contributed by atoms with van der Waals surface area (Å²) in [5.41, 5.74) is -0.955. The van der Waals surface area contributed by atoms with Gasteiger partial charge in [0.25, 0.3) is 0 Å². The van der Waals surface area contributed by atoms with Gasteiger partial charge in [0, 0.05) is 49.3 Å². The Kier molecular flexibility index (Phi) is 4.23. The highest BCUT2D eigenvalue weighted by molar-refractivity contribution is 6.37. The summed E-state index contributed by atoms with van der Waals surface area (Å²) in [5.74, 6) is -0.381. The van der Waals surface area contributed by atoms with Crippen LogP contribution in [-0.2, 0) is 0 Å². The average molecular weight is 813 g/mol. The van der Waals surface area contributed by atoms with E-state index < -0.39 is 149 Å². The van der Waals surface area contributed by atoms with Gasteiger partial charge in [-0.2, -0.15) is 0 Å². The molecule has 0 saturated carbocycles. The Morgan fingerprint density at radius 3 is 1.71 bits per heavy atom. The van der Waals surface area contributed by atoms with E-state index in [-0.39, 0.29) is 94.7 Å². The predicted octanol–water partition coefficient (Wildman–Crippen LogP) is 14.9. The Balaban J connectivity index is 1.12. The SMILES string of the molecule is [2H]c1c([2H])c([2H])c(-c2c([2H])c([2H])c(-c3nc(-c4ccccc4)nc(-c4cccc5c4oc4c(-c6cc([2H])c7c8c6c6c([2H])c([2H])c([2H])c([2H])c6c6c([2H])c([2H])c([2H])c(c68)n7-c6c([2H])c([2H])c([2H])c([2H])c6[2H])cccc45)n3)c([2H])c2[2H])c([2H])c1[2H]. The van der Waals surface area contributed by atoms with E-state index in [2.05, 4.69) is 4.98 Å². The van der Waals surface area contributed by atoms with Crippen LogP contribution in [0.1, 0.15) is 30.2 Å². The van der Waals surface area contributed by atoms with Crippen molar-refractivity contribution < 1.29 is 34.6 Å². The third-order valence-corrected chi connectivity index (χ3v) is 10.9. The number of nitrogens with zero attached hydrogens (tertiary/aromatic N) is 4. The van der Waals surface area contributed by atoms with Crippen LogP contribution in [0, 0.1) is 0 Å². The topological polar surface area (TPSA) is 56.7 Å². The summed E-state index contributed by atoms with van der Waals surface area (Å²) in [7, 11) is 0. The summed E-state index contributed by atoms with van der Waals surface area (Å²) >= 11 is 0. The fraction of sp³-hybridized carbons (Fsp3) is 0. The number of furan rings is 1. The van der Waals surface area contributed by atoms with E-state index in [1.807, 2.05) is 0 Å². The zero-order valence-electron chi connectivity index (χ0n) is 53.6. The molecule has 13 aromatic rings. The smallest absolute Gasteiger partial charge is 0.167 e. The van der Waals surface area contributed by atoms with Gasteiger partial charge in [-0.3, -0.25) is 0 Å². The molecule has 0 N–H and O–H groups in total. The van der Waals surface area contributed by atoms with Crippen LogP contribution in [0.15, 0.2) is 210 Å². The monoisotopic (exact) mass is 812 g/mol. The van der Waals surface area contributed by atoms with Gasteiger partial charge >= 0.3 is 0 Å². The van der Waals surface area contributed by atoms with Crippen LogP contribution in [0.4, 0.5) is 0 Å². The van der Waals surface area contributed by atoms with Crippen molar-refractivity contribution in [1.29, 1.82) is 0 Å². The minimum atomic E-state index is -0.743. The molecule has 3 heterocycles. The highest BCUT2D eigenvalue weighted by Crippen LogP contribution is 2.49. The second kappa shape index (κ2) is 13.6. The van der Waals surface area contributed by atoms with Gasteiger partial charge in [-0.1, -0.05) is 175 Å². The summed E-state index contributed by atoms with van der Waals surface area (Å²) in [4.78, 5) is 14.3. The molecule has 0 radical (unpaired) electrons. The number of benzene rings is 10. The number of fused-ring (bicyclic) bond motifs is 6. The second-order valence-corrected chi connectivity index (χ2v) is 14.2. The highest BCUT2D eigenvalue weighted by Gasteiger charge is 2.24. The minimum absolute atomic E-state index is 0.0286. The lowest BCUT2D eigenvalue weighted by Gasteiger charge is -2.13. The molecule has 5 heteroatoms. The van der Waals surface area contributed by atoms with Crippen molar-refractivity contribution in [1.82, 2.24) is 19.5 Å². The lowest BCUT2D eigenvalue weighted by molar-refractivity contribution is 0.670. The van der Waals surface area contributed by atoms with Crippen molar-refractivity contribution in [2.45, 2.75) is 0 Å². The Hall–Kier alpha value is -8.41. The molecule has 0 amide bonds. The molecule has 10 aromatic carbocycles. The van der Waals surface area contributed by atoms with Gasteiger partial charge in [0.2, 0.25) is 0 Å². The maximum absolute atomic E-state index is 9.87. The molecule has 0 aliphatic heterocycles. The Morgan fingerprint density at radius 2 is 0.935 bits per heavy atom. The van der Waals surface area contributed by atoms with Gasteiger partial charge in [0.05, 0.1) is 46.8 Å². The van der Waals surface area contributed by atoms with Gasteiger partial charge in [-0.05, 0) is 63.1 Å². The first kappa shape index (κ1) is 19.3. The molecule has 62 heavy (non-hydrogen) atoms. The lowest BCUT2D eigenvalue weighted by atomic mass is 9.89. The molecular weight excluding hydrogens is 757 g/mol. The third-order valence-electron chi connectivity index (χ3n) is 10.9. The standard InChI is InChI=1S/C57H34N4O/c1-4-15-35(16-5-1)36-29-31-38(32-30-36)56-58-55(37-17-6-2-7-18-37)59-57(60-56)47-27-13-26-46-45-25-12-24-44(53(45)62-54(46)47)43-33-34-49-52-50(43)41-22-11-10-21-40(41)42-23-14-28-48(51(42)52)61(49)39-19-8-3-9-20-39/h1-34H/i1D,3D,4D,5D,8D,9D,10D,11D,14D,15D,16D,19D,20D,21D,22D,23D,28D,29D,30D,31D,32D,34D. The average Bonchev–Trinajstić information content (AvgIpc) is 1.46. The normalized spacial score (nSPS) is 16.8. The van der Waals surface area contributed by atoms with E-state index in [1.165, 1.54) is 6.07 Å².